The summed E-state index contributed by atoms with van der Waals surface area (Å²) < 4.78 is 2.14. The maximum absolute atomic E-state index is 11.2. The minimum absolute atomic E-state index is 0.00711. The second-order valence-electron chi connectivity index (χ2n) is 5.87. The zero-order chi connectivity index (χ0) is 16.0. The van der Waals surface area contributed by atoms with E-state index in [9.17, 15) is 10.1 Å². The van der Waals surface area contributed by atoms with Gasteiger partial charge in [-0.3, -0.25) is 10.1 Å². The van der Waals surface area contributed by atoms with Crippen molar-refractivity contribution in [2.75, 3.05) is 0 Å². The third kappa shape index (κ3) is 2.68. The zero-order valence-electron chi connectivity index (χ0n) is 12.2. The van der Waals surface area contributed by atoms with Gasteiger partial charge in [-0.15, -0.1) is 10.2 Å². The molecule has 2 fully saturated rings. The van der Waals surface area contributed by atoms with Crippen LogP contribution in [0.2, 0.25) is 0 Å². The Hall–Kier alpha value is -2.40. The molecule has 4 rings (SSSR count). The van der Waals surface area contributed by atoms with Gasteiger partial charge < -0.3 is 4.57 Å². The van der Waals surface area contributed by atoms with Gasteiger partial charge in [-0.1, -0.05) is 0 Å². The molecule has 0 radical (unpaired) electrons. The Bertz CT molecular complexity index is 833. The number of hydrogen-bond acceptors (Lipinski definition) is 6. The summed E-state index contributed by atoms with van der Waals surface area (Å²) in [6.07, 6.45) is 4.48. The molecule has 0 bridgehead atoms. The first-order valence-electron chi connectivity index (χ1n) is 7.48. The zero-order valence-corrected chi connectivity index (χ0v) is 13.0. The average molecular weight is 327 g/mol. The van der Waals surface area contributed by atoms with Gasteiger partial charge in [0.05, 0.1) is 21.5 Å². The molecule has 0 atom stereocenters. The number of rotatable bonds is 5. The van der Waals surface area contributed by atoms with Crippen LogP contribution >= 0.6 is 11.8 Å². The summed E-state index contributed by atoms with van der Waals surface area (Å²) in [5, 5.41) is 29.5. The summed E-state index contributed by atoms with van der Waals surface area (Å²) in [4.78, 5) is 11.2. The predicted molar refractivity (Wildman–Crippen MR) is 82.2 cm³/mol. The van der Waals surface area contributed by atoms with Crippen molar-refractivity contribution >= 4 is 17.4 Å². The van der Waals surface area contributed by atoms with E-state index < -0.39 is 4.92 Å². The van der Waals surface area contributed by atoms with E-state index in [-0.39, 0.29) is 5.69 Å². The normalized spacial score (nSPS) is 17.0. The van der Waals surface area contributed by atoms with Crippen molar-refractivity contribution in [2.45, 2.75) is 47.7 Å². The predicted octanol–water partition coefficient (Wildman–Crippen LogP) is 3.42. The van der Waals surface area contributed by atoms with Crippen LogP contribution in [0.4, 0.5) is 5.69 Å². The Morgan fingerprint density at radius 3 is 2.70 bits per heavy atom. The van der Waals surface area contributed by atoms with Gasteiger partial charge in [0.1, 0.15) is 5.82 Å². The van der Waals surface area contributed by atoms with Gasteiger partial charge in [0.15, 0.2) is 5.16 Å². The van der Waals surface area contributed by atoms with Crippen LogP contribution in [0, 0.1) is 21.4 Å². The van der Waals surface area contributed by atoms with E-state index in [0.717, 1.165) is 31.5 Å². The van der Waals surface area contributed by atoms with Gasteiger partial charge in [0, 0.05) is 18.0 Å². The average Bonchev–Trinajstić information content (AvgIpc) is 3.46. The molecular formula is C15H13N5O2S. The van der Waals surface area contributed by atoms with Crippen molar-refractivity contribution in [3.63, 3.8) is 0 Å². The fourth-order valence-electron chi connectivity index (χ4n) is 2.57. The minimum Gasteiger partial charge on any atom is -0.302 e. The summed E-state index contributed by atoms with van der Waals surface area (Å²) >= 11 is 1.23. The van der Waals surface area contributed by atoms with Crippen molar-refractivity contribution < 1.29 is 4.92 Å². The lowest BCUT2D eigenvalue weighted by atomic mass is 10.2. The van der Waals surface area contributed by atoms with Gasteiger partial charge in [-0.2, -0.15) is 5.26 Å². The molecule has 0 N–H and O–H groups in total. The molecule has 0 aliphatic heterocycles. The van der Waals surface area contributed by atoms with Gasteiger partial charge in [-0.25, -0.2) is 0 Å². The molecule has 0 saturated heterocycles. The number of nitro groups is 1. The van der Waals surface area contributed by atoms with E-state index in [2.05, 4.69) is 14.8 Å². The van der Waals surface area contributed by atoms with Crippen molar-refractivity contribution in [2.24, 2.45) is 0 Å². The first kappa shape index (κ1) is 14.2. The monoisotopic (exact) mass is 327 g/mol. The number of benzene rings is 1. The van der Waals surface area contributed by atoms with Crippen LogP contribution in [0.1, 0.15) is 49.0 Å². The molecule has 7 nitrogen and oxygen atoms in total. The molecule has 23 heavy (non-hydrogen) atoms. The molecular weight excluding hydrogens is 314 g/mol. The summed E-state index contributed by atoms with van der Waals surface area (Å²) in [6.45, 7) is 0. The summed E-state index contributed by atoms with van der Waals surface area (Å²) in [5.41, 5.74) is 0.394. The van der Waals surface area contributed by atoms with Gasteiger partial charge in [0.2, 0.25) is 0 Å². The summed E-state index contributed by atoms with van der Waals surface area (Å²) in [5.74, 6) is 1.49. The number of nitrogens with zero attached hydrogens (tertiary/aromatic N) is 5. The number of hydrogen-bond donors (Lipinski definition) is 0. The fourth-order valence-corrected chi connectivity index (χ4v) is 3.62. The highest BCUT2D eigenvalue weighted by atomic mass is 32.2. The van der Waals surface area contributed by atoms with Gasteiger partial charge in [0.25, 0.3) is 5.69 Å². The number of aromatic nitrogens is 3. The standard InChI is InChI=1S/C15H13N5O2S/c16-8-9-1-6-12(20(21)22)13(7-9)23-15-18-17-14(10-2-3-10)19(15)11-4-5-11/h1,6-7,10-11H,2-5H2. The molecule has 2 saturated carbocycles. The first-order chi connectivity index (χ1) is 11.2. The van der Waals surface area contributed by atoms with E-state index in [0.29, 0.717) is 27.6 Å². The van der Waals surface area contributed by atoms with Gasteiger partial charge in [-0.05, 0) is 49.6 Å². The molecule has 116 valence electrons. The Labute approximate surface area is 136 Å². The molecule has 2 aliphatic carbocycles. The molecule has 1 aromatic carbocycles. The van der Waals surface area contributed by atoms with Crippen molar-refractivity contribution in [3.05, 3.63) is 39.7 Å². The smallest absolute Gasteiger partial charge is 0.283 e. The van der Waals surface area contributed by atoms with E-state index in [1.54, 1.807) is 6.07 Å². The molecule has 1 aromatic heterocycles. The van der Waals surface area contributed by atoms with Crippen LogP contribution in [-0.2, 0) is 0 Å². The highest BCUT2D eigenvalue weighted by Gasteiger charge is 2.36. The highest BCUT2D eigenvalue weighted by molar-refractivity contribution is 7.99. The lowest BCUT2D eigenvalue weighted by molar-refractivity contribution is -0.387. The largest absolute Gasteiger partial charge is 0.302 e. The molecule has 8 heteroatoms. The Kier molecular flexibility index (Phi) is 3.31. The van der Waals surface area contributed by atoms with Crippen LogP contribution in [0.5, 0.6) is 0 Å². The maximum Gasteiger partial charge on any atom is 0.283 e. The van der Waals surface area contributed by atoms with E-state index in [4.69, 9.17) is 5.26 Å². The number of nitriles is 1. The maximum atomic E-state index is 11.2. The lowest BCUT2D eigenvalue weighted by Crippen LogP contribution is -2.02. The second kappa shape index (κ2) is 5.35. The Balaban J connectivity index is 1.73. The third-order valence-corrected chi connectivity index (χ3v) is 5.04. The highest BCUT2D eigenvalue weighted by Crippen LogP contribution is 2.47. The second-order valence-corrected chi connectivity index (χ2v) is 6.88. The number of nitro benzene ring substituents is 1. The summed E-state index contributed by atoms with van der Waals surface area (Å²) in [6, 6.07) is 6.83. The minimum atomic E-state index is -0.427. The Morgan fingerprint density at radius 1 is 1.30 bits per heavy atom. The van der Waals surface area contributed by atoms with Crippen LogP contribution in [0.25, 0.3) is 0 Å². The first-order valence-corrected chi connectivity index (χ1v) is 8.30. The van der Waals surface area contributed by atoms with Crippen LogP contribution in [0.15, 0.2) is 28.3 Å². The molecule has 0 unspecified atom stereocenters. The van der Waals surface area contributed by atoms with E-state index in [1.807, 2.05) is 6.07 Å². The van der Waals surface area contributed by atoms with Crippen LogP contribution < -0.4 is 0 Å². The van der Waals surface area contributed by atoms with Gasteiger partial charge >= 0.3 is 0 Å². The molecule has 0 amide bonds. The molecule has 2 aliphatic rings. The van der Waals surface area contributed by atoms with Crippen molar-refractivity contribution in [1.82, 2.24) is 14.8 Å². The van der Waals surface area contributed by atoms with Crippen LogP contribution in [0.3, 0.4) is 0 Å². The topological polar surface area (TPSA) is 97.6 Å². The fraction of sp³-hybridized carbons (Fsp3) is 0.400. The summed E-state index contributed by atoms with van der Waals surface area (Å²) in [7, 11) is 0. The van der Waals surface area contributed by atoms with E-state index in [1.165, 1.54) is 23.9 Å². The molecule has 1 heterocycles. The molecule has 0 spiro atoms. The SMILES string of the molecule is N#Cc1ccc([N+](=O)[O-])c(Sc2nnc(C3CC3)n2C2CC2)c1. The quantitative estimate of drug-likeness (QED) is 0.616. The van der Waals surface area contributed by atoms with E-state index >= 15 is 0 Å². The third-order valence-electron chi connectivity index (χ3n) is 4.03. The molecule has 2 aromatic rings. The van der Waals surface area contributed by atoms with Crippen molar-refractivity contribution in [3.8, 4) is 6.07 Å². The Morgan fingerprint density at radius 2 is 2.09 bits per heavy atom. The van der Waals surface area contributed by atoms with Crippen molar-refractivity contribution in [1.29, 1.82) is 5.26 Å². The van der Waals surface area contributed by atoms with Crippen LogP contribution in [-0.4, -0.2) is 19.7 Å². The lowest BCUT2D eigenvalue weighted by Gasteiger charge is -2.08.